The number of thiol groups is 1. The van der Waals surface area contributed by atoms with E-state index in [0.29, 0.717) is 0 Å². The van der Waals surface area contributed by atoms with Gasteiger partial charge in [0.15, 0.2) is 0 Å². The number of hydrogen-bond donors (Lipinski definition) is 1. The number of ether oxygens (including phenoxy) is 1. The molecule has 0 spiro atoms. The third-order valence-corrected chi connectivity index (χ3v) is 2.34. The minimum absolute atomic E-state index is 0.840. The number of benzene rings is 1. The van der Waals surface area contributed by atoms with E-state index in [1.165, 1.54) is 5.56 Å². The van der Waals surface area contributed by atoms with Crippen molar-refractivity contribution in [3.8, 4) is 5.75 Å². The first-order valence-electron chi connectivity index (χ1n) is 3.71. The molecule has 66 valence electrons. The fourth-order valence-corrected chi connectivity index (χ4v) is 1.71. The summed E-state index contributed by atoms with van der Waals surface area (Å²) in [5.41, 5.74) is 1.20. The predicted molar refractivity (Wildman–Crippen MR) is 58.3 cm³/mol. The van der Waals surface area contributed by atoms with Crippen LogP contribution in [0.5, 0.6) is 5.75 Å². The van der Waals surface area contributed by atoms with Crippen molar-refractivity contribution in [1.29, 1.82) is 0 Å². The molecule has 0 saturated carbocycles. The smallest absolute Gasteiger partial charge is 0.122 e. The van der Waals surface area contributed by atoms with Crippen LogP contribution >= 0.6 is 28.6 Å². The van der Waals surface area contributed by atoms with Crippen molar-refractivity contribution in [2.24, 2.45) is 0 Å². The summed E-state index contributed by atoms with van der Waals surface area (Å²) < 4.78 is 6.28. The summed E-state index contributed by atoms with van der Waals surface area (Å²) in [7, 11) is 1.69. The van der Waals surface area contributed by atoms with Crippen molar-refractivity contribution in [3.63, 3.8) is 0 Å². The highest BCUT2D eigenvalue weighted by molar-refractivity contribution is 9.10. The zero-order valence-corrected chi connectivity index (χ0v) is 9.36. The highest BCUT2D eigenvalue weighted by Crippen LogP contribution is 2.23. The van der Waals surface area contributed by atoms with Crippen LogP contribution in [0, 0.1) is 0 Å². The molecule has 0 aromatic heterocycles. The summed E-state index contributed by atoms with van der Waals surface area (Å²) >= 11 is 7.60. The molecular formula is C9H11BrOS. The monoisotopic (exact) mass is 246 g/mol. The average Bonchev–Trinajstić information content (AvgIpc) is 2.05. The molecule has 3 heteroatoms. The normalized spacial score (nSPS) is 9.92. The lowest BCUT2D eigenvalue weighted by Gasteiger charge is -2.06. The summed E-state index contributed by atoms with van der Waals surface area (Å²) in [5.74, 6) is 1.78. The molecule has 12 heavy (non-hydrogen) atoms. The molecule has 1 aromatic carbocycles. The van der Waals surface area contributed by atoms with E-state index < -0.39 is 0 Å². The Balaban J connectivity index is 2.95. The van der Waals surface area contributed by atoms with Crippen LogP contribution in [0.1, 0.15) is 5.56 Å². The minimum Gasteiger partial charge on any atom is -0.496 e. The number of hydrogen-bond acceptors (Lipinski definition) is 2. The summed E-state index contributed by atoms with van der Waals surface area (Å²) in [5, 5.41) is 0. The molecule has 0 aliphatic rings. The number of halogens is 1. The van der Waals surface area contributed by atoms with Crippen molar-refractivity contribution < 1.29 is 4.74 Å². The quantitative estimate of drug-likeness (QED) is 0.808. The molecule has 1 nitrogen and oxygen atoms in total. The molecule has 0 bridgehead atoms. The molecule has 0 N–H and O–H groups in total. The van der Waals surface area contributed by atoms with Crippen molar-refractivity contribution in [1.82, 2.24) is 0 Å². The molecule has 0 heterocycles. The van der Waals surface area contributed by atoms with Gasteiger partial charge in [0, 0.05) is 4.47 Å². The highest BCUT2D eigenvalue weighted by atomic mass is 79.9. The minimum atomic E-state index is 0.840. The van der Waals surface area contributed by atoms with Crippen LogP contribution in [-0.4, -0.2) is 12.9 Å². The van der Waals surface area contributed by atoms with Crippen molar-refractivity contribution in [2.75, 3.05) is 12.9 Å². The summed E-state index contributed by atoms with van der Waals surface area (Å²) in [6.45, 7) is 0. The van der Waals surface area contributed by atoms with Gasteiger partial charge >= 0.3 is 0 Å². The second kappa shape index (κ2) is 4.77. The topological polar surface area (TPSA) is 9.23 Å². The van der Waals surface area contributed by atoms with Crippen LogP contribution in [-0.2, 0) is 6.42 Å². The molecule has 0 radical (unpaired) electrons. The molecule has 0 fully saturated rings. The van der Waals surface area contributed by atoms with Gasteiger partial charge in [-0.15, -0.1) is 0 Å². The van der Waals surface area contributed by atoms with E-state index in [1.807, 2.05) is 12.1 Å². The zero-order chi connectivity index (χ0) is 8.97. The molecular weight excluding hydrogens is 236 g/mol. The molecule has 0 atom stereocenters. The van der Waals surface area contributed by atoms with Gasteiger partial charge in [-0.25, -0.2) is 0 Å². The fraction of sp³-hybridized carbons (Fsp3) is 0.333. The number of methoxy groups -OCH3 is 1. The first-order chi connectivity index (χ1) is 5.77. The zero-order valence-electron chi connectivity index (χ0n) is 6.88. The maximum Gasteiger partial charge on any atom is 0.122 e. The Bertz CT molecular complexity index is 263. The van der Waals surface area contributed by atoms with Gasteiger partial charge in [-0.05, 0) is 35.9 Å². The van der Waals surface area contributed by atoms with E-state index in [1.54, 1.807) is 7.11 Å². The maximum absolute atomic E-state index is 5.20. The van der Waals surface area contributed by atoms with Gasteiger partial charge in [-0.2, -0.15) is 12.6 Å². The molecule has 0 aliphatic heterocycles. The lowest BCUT2D eigenvalue weighted by atomic mass is 10.1. The standard InChI is InChI=1S/C9H11BrOS/c1-11-9-3-2-8(10)6-7(9)4-5-12/h2-3,6,12H,4-5H2,1H3. The van der Waals surface area contributed by atoms with E-state index in [4.69, 9.17) is 4.74 Å². The van der Waals surface area contributed by atoms with Crippen molar-refractivity contribution in [2.45, 2.75) is 6.42 Å². The fourth-order valence-electron chi connectivity index (χ4n) is 1.06. The maximum atomic E-state index is 5.20. The van der Waals surface area contributed by atoms with Crippen molar-refractivity contribution >= 4 is 28.6 Å². The summed E-state index contributed by atoms with van der Waals surface area (Å²) in [4.78, 5) is 0. The first kappa shape index (κ1) is 9.93. The van der Waals surface area contributed by atoms with Gasteiger partial charge in [-0.1, -0.05) is 15.9 Å². The van der Waals surface area contributed by atoms with E-state index in [-0.39, 0.29) is 0 Å². The van der Waals surface area contributed by atoms with Crippen LogP contribution in [0.2, 0.25) is 0 Å². The second-order valence-corrected chi connectivity index (χ2v) is 3.79. The largest absolute Gasteiger partial charge is 0.496 e. The number of rotatable bonds is 3. The summed E-state index contributed by atoms with van der Waals surface area (Å²) in [6, 6.07) is 6.00. The van der Waals surface area contributed by atoms with Gasteiger partial charge in [0.1, 0.15) is 5.75 Å². The van der Waals surface area contributed by atoms with Crippen LogP contribution in [0.25, 0.3) is 0 Å². The van der Waals surface area contributed by atoms with Gasteiger partial charge in [0.25, 0.3) is 0 Å². The molecule has 0 amide bonds. The van der Waals surface area contributed by atoms with E-state index >= 15 is 0 Å². The van der Waals surface area contributed by atoms with Crippen LogP contribution in [0.4, 0.5) is 0 Å². The van der Waals surface area contributed by atoms with Gasteiger partial charge in [-0.3, -0.25) is 0 Å². The first-order valence-corrected chi connectivity index (χ1v) is 5.13. The molecule has 0 saturated heterocycles. The third-order valence-electron chi connectivity index (χ3n) is 1.62. The lowest BCUT2D eigenvalue weighted by Crippen LogP contribution is -1.92. The Morgan fingerprint density at radius 3 is 2.83 bits per heavy atom. The predicted octanol–water partition coefficient (Wildman–Crippen LogP) is 2.93. The van der Waals surface area contributed by atoms with Crippen molar-refractivity contribution in [3.05, 3.63) is 28.2 Å². The Hall–Kier alpha value is -0.150. The highest BCUT2D eigenvalue weighted by Gasteiger charge is 2.01. The van der Waals surface area contributed by atoms with E-state index in [9.17, 15) is 0 Å². The van der Waals surface area contributed by atoms with E-state index in [0.717, 1.165) is 22.4 Å². The summed E-state index contributed by atoms with van der Waals surface area (Å²) in [6.07, 6.45) is 0.936. The molecule has 0 unspecified atom stereocenters. The Morgan fingerprint density at radius 1 is 1.50 bits per heavy atom. The SMILES string of the molecule is COc1ccc(Br)cc1CCS. The van der Waals surface area contributed by atoms with Gasteiger partial charge in [0.05, 0.1) is 7.11 Å². The Labute approximate surface area is 86.7 Å². The lowest BCUT2D eigenvalue weighted by molar-refractivity contribution is 0.410. The van der Waals surface area contributed by atoms with Crippen LogP contribution < -0.4 is 4.74 Å². The van der Waals surface area contributed by atoms with Gasteiger partial charge in [0.2, 0.25) is 0 Å². The molecule has 0 aliphatic carbocycles. The van der Waals surface area contributed by atoms with Crippen LogP contribution in [0.15, 0.2) is 22.7 Å². The van der Waals surface area contributed by atoms with Crippen LogP contribution in [0.3, 0.4) is 0 Å². The van der Waals surface area contributed by atoms with E-state index in [2.05, 4.69) is 34.6 Å². The second-order valence-electron chi connectivity index (χ2n) is 2.43. The molecule has 1 aromatic rings. The van der Waals surface area contributed by atoms with Gasteiger partial charge < -0.3 is 4.74 Å². The Morgan fingerprint density at radius 2 is 2.25 bits per heavy atom. The Kier molecular flexibility index (Phi) is 3.95. The number of aryl methyl sites for hydroxylation is 1. The third kappa shape index (κ3) is 2.42. The average molecular weight is 247 g/mol. The molecule has 1 rings (SSSR count).